The summed E-state index contributed by atoms with van der Waals surface area (Å²) in [6, 6.07) is 7.26. The summed E-state index contributed by atoms with van der Waals surface area (Å²) >= 11 is 0. The molecule has 1 unspecified atom stereocenters. The SMILES string of the molecule is COc1ccccc1NC(=O)OCC1CCCNC1. The van der Waals surface area contributed by atoms with Gasteiger partial charge in [0.25, 0.3) is 0 Å². The normalized spacial score (nSPS) is 18.7. The van der Waals surface area contributed by atoms with Crippen LogP contribution >= 0.6 is 0 Å². The molecule has 5 nitrogen and oxygen atoms in total. The predicted octanol–water partition coefficient (Wildman–Crippen LogP) is 2.24. The molecule has 0 radical (unpaired) electrons. The predicted molar refractivity (Wildman–Crippen MR) is 73.6 cm³/mol. The maximum Gasteiger partial charge on any atom is 0.411 e. The van der Waals surface area contributed by atoms with Crippen LogP contribution in [0.25, 0.3) is 0 Å². The van der Waals surface area contributed by atoms with Gasteiger partial charge >= 0.3 is 6.09 Å². The van der Waals surface area contributed by atoms with Crippen molar-refractivity contribution in [3.05, 3.63) is 24.3 Å². The highest BCUT2D eigenvalue weighted by Gasteiger charge is 2.15. The fraction of sp³-hybridized carbons (Fsp3) is 0.500. The minimum Gasteiger partial charge on any atom is -0.495 e. The Hall–Kier alpha value is -1.75. The second kappa shape index (κ2) is 6.99. The number of methoxy groups -OCH3 is 1. The number of anilines is 1. The van der Waals surface area contributed by atoms with Crippen LogP contribution < -0.4 is 15.4 Å². The van der Waals surface area contributed by atoms with Crippen molar-refractivity contribution in [3.63, 3.8) is 0 Å². The van der Waals surface area contributed by atoms with Crippen LogP contribution in [-0.2, 0) is 4.74 Å². The van der Waals surface area contributed by atoms with Crippen LogP contribution in [-0.4, -0.2) is 32.9 Å². The van der Waals surface area contributed by atoms with Crippen LogP contribution in [0, 0.1) is 5.92 Å². The Bertz CT molecular complexity index is 417. The van der Waals surface area contributed by atoms with Gasteiger partial charge in [-0.1, -0.05) is 12.1 Å². The molecule has 0 spiro atoms. The molecule has 1 saturated heterocycles. The third-order valence-electron chi connectivity index (χ3n) is 3.19. The van der Waals surface area contributed by atoms with Crippen molar-refractivity contribution in [2.24, 2.45) is 5.92 Å². The van der Waals surface area contributed by atoms with E-state index >= 15 is 0 Å². The summed E-state index contributed by atoms with van der Waals surface area (Å²) < 4.78 is 10.4. The van der Waals surface area contributed by atoms with E-state index in [0.717, 1.165) is 25.9 Å². The molecule has 0 aromatic heterocycles. The zero-order valence-electron chi connectivity index (χ0n) is 11.1. The van der Waals surface area contributed by atoms with Gasteiger partial charge in [0.2, 0.25) is 0 Å². The summed E-state index contributed by atoms with van der Waals surface area (Å²) in [4.78, 5) is 11.7. The van der Waals surface area contributed by atoms with Crippen LogP contribution in [0.1, 0.15) is 12.8 Å². The molecule has 0 bridgehead atoms. The number of rotatable bonds is 4. The average molecular weight is 264 g/mol. The number of nitrogens with one attached hydrogen (secondary N) is 2. The molecule has 1 aromatic carbocycles. The Kier molecular flexibility index (Phi) is 5.03. The lowest BCUT2D eigenvalue weighted by molar-refractivity contribution is 0.132. The summed E-state index contributed by atoms with van der Waals surface area (Å²) in [6.45, 7) is 2.43. The van der Waals surface area contributed by atoms with E-state index in [1.807, 2.05) is 12.1 Å². The molecular formula is C14H20N2O3. The summed E-state index contributed by atoms with van der Waals surface area (Å²) in [5.41, 5.74) is 0.622. The topological polar surface area (TPSA) is 59.6 Å². The van der Waals surface area contributed by atoms with E-state index in [-0.39, 0.29) is 0 Å². The van der Waals surface area contributed by atoms with Crippen molar-refractivity contribution in [1.29, 1.82) is 0 Å². The average Bonchev–Trinajstić information content (AvgIpc) is 2.47. The van der Waals surface area contributed by atoms with E-state index in [1.54, 1.807) is 19.2 Å². The number of para-hydroxylation sites is 2. The summed E-state index contributed by atoms with van der Waals surface area (Å²) in [5.74, 6) is 1.04. The first kappa shape index (κ1) is 13.7. The number of benzene rings is 1. The van der Waals surface area contributed by atoms with E-state index in [4.69, 9.17) is 9.47 Å². The van der Waals surface area contributed by atoms with Gasteiger partial charge in [-0.05, 0) is 31.5 Å². The minimum atomic E-state index is -0.435. The number of hydrogen-bond donors (Lipinski definition) is 2. The summed E-state index contributed by atoms with van der Waals surface area (Å²) in [5, 5.41) is 5.99. The minimum absolute atomic E-state index is 0.414. The Labute approximate surface area is 113 Å². The number of piperidine rings is 1. The monoisotopic (exact) mass is 264 g/mol. The summed E-state index contributed by atoms with van der Waals surface area (Å²) in [6.07, 6.45) is 1.81. The van der Waals surface area contributed by atoms with Gasteiger partial charge < -0.3 is 14.8 Å². The third kappa shape index (κ3) is 4.13. The highest BCUT2D eigenvalue weighted by Crippen LogP contribution is 2.23. The van der Waals surface area contributed by atoms with Crippen molar-refractivity contribution in [1.82, 2.24) is 5.32 Å². The lowest BCUT2D eigenvalue weighted by Crippen LogP contribution is -2.33. The van der Waals surface area contributed by atoms with Crippen LogP contribution in [0.4, 0.5) is 10.5 Å². The molecule has 1 aliphatic rings. The largest absolute Gasteiger partial charge is 0.495 e. The van der Waals surface area contributed by atoms with Crippen molar-refractivity contribution in [2.75, 3.05) is 32.1 Å². The number of amides is 1. The molecule has 2 rings (SSSR count). The molecule has 1 atom stereocenters. The molecule has 5 heteroatoms. The molecule has 1 fully saturated rings. The standard InChI is InChI=1S/C14H20N2O3/c1-18-13-7-3-2-6-12(13)16-14(17)19-10-11-5-4-8-15-9-11/h2-3,6-7,11,15H,4-5,8-10H2,1H3,(H,16,17). The van der Waals surface area contributed by atoms with Crippen molar-refractivity contribution < 1.29 is 14.3 Å². The number of carbonyl (C=O) groups excluding carboxylic acids is 1. The first-order valence-electron chi connectivity index (χ1n) is 6.57. The maximum absolute atomic E-state index is 11.7. The van der Waals surface area contributed by atoms with Gasteiger partial charge in [0, 0.05) is 12.5 Å². The fourth-order valence-corrected chi connectivity index (χ4v) is 2.15. The van der Waals surface area contributed by atoms with E-state index in [2.05, 4.69) is 10.6 Å². The Morgan fingerprint density at radius 3 is 3.05 bits per heavy atom. The number of hydrogen-bond acceptors (Lipinski definition) is 4. The zero-order valence-corrected chi connectivity index (χ0v) is 11.1. The van der Waals surface area contributed by atoms with Gasteiger partial charge in [-0.15, -0.1) is 0 Å². The van der Waals surface area contributed by atoms with Gasteiger partial charge in [-0.25, -0.2) is 4.79 Å². The molecule has 1 aliphatic heterocycles. The second-order valence-electron chi connectivity index (χ2n) is 4.64. The van der Waals surface area contributed by atoms with Gasteiger partial charge in [-0.2, -0.15) is 0 Å². The molecular weight excluding hydrogens is 244 g/mol. The summed E-state index contributed by atoms with van der Waals surface area (Å²) in [7, 11) is 1.57. The quantitative estimate of drug-likeness (QED) is 0.875. The van der Waals surface area contributed by atoms with Gasteiger partial charge in [-0.3, -0.25) is 5.32 Å². The Morgan fingerprint density at radius 1 is 1.47 bits per heavy atom. The number of ether oxygens (including phenoxy) is 2. The molecule has 0 aliphatic carbocycles. The van der Waals surface area contributed by atoms with E-state index < -0.39 is 6.09 Å². The van der Waals surface area contributed by atoms with Gasteiger partial charge in [0.1, 0.15) is 5.75 Å². The van der Waals surface area contributed by atoms with Crippen molar-refractivity contribution >= 4 is 11.8 Å². The van der Waals surface area contributed by atoms with Crippen LogP contribution in [0.5, 0.6) is 5.75 Å². The lowest BCUT2D eigenvalue weighted by atomic mass is 10.0. The van der Waals surface area contributed by atoms with Crippen LogP contribution in [0.2, 0.25) is 0 Å². The third-order valence-corrected chi connectivity index (χ3v) is 3.19. The van der Waals surface area contributed by atoms with Crippen molar-refractivity contribution in [3.8, 4) is 5.75 Å². The molecule has 0 saturated carbocycles. The first-order valence-corrected chi connectivity index (χ1v) is 6.57. The van der Waals surface area contributed by atoms with Crippen molar-refractivity contribution in [2.45, 2.75) is 12.8 Å². The smallest absolute Gasteiger partial charge is 0.411 e. The zero-order chi connectivity index (χ0) is 13.5. The van der Waals surface area contributed by atoms with Gasteiger partial charge in [0.05, 0.1) is 19.4 Å². The number of carbonyl (C=O) groups is 1. The van der Waals surface area contributed by atoms with E-state index in [0.29, 0.717) is 24.0 Å². The molecule has 19 heavy (non-hydrogen) atoms. The maximum atomic E-state index is 11.7. The van der Waals surface area contributed by atoms with E-state index in [9.17, 15) is 4.79 Å². The second-order valence-corrected chi connectivity index (χ2v) is 4.64. The first-order chi connectivity index (χ1) is 9.29. The molecule has 1 aromatic rings. The molecule has 1 heterocycles. The highest BCUT2D eigenvalue weighted by molar-refractivity contribution is 5.86. The van der Waals surface area contributed by atoms with Crippen LogP contribution in [0.15, 0.2) is 24.3 Å². The fourth-order valence-electron chi connectivity index (χ4n) is 2.15. The lowest BCUT2D eigenvalue weighted by Gasteiger charge is -2.22. The molecule has 2 N–H and O–H groups in total. The Morgan fingerprint density at radius 2 is 2.32 bits per heavy atom. The van der Waals surface area contributed by atoms with Crippen LogP contribution in [0.3, 0.4) is 0 Å². The highest BCUT2D eigenvalue weighted by atomic mass is 16.5. The van der Waals surface area contributed by atoms with E-state index in [1.165, 1.54) is 0 Å². The molecule has 1 amide bonds. The van der Waals surface area contributed by atoms with Gasteiger partial charge in [0.15, 0.2) is 0 Å². The molecule has 104 valence electrons. The Balaban J connectivity index is 1.80.